The van der Waals surface area contributed by atoms with Crippen molar-refractivity contribution in [2.24, 2.45) is 7.05 Å². The minimum atomic E-state index is -0.506. The Bertz CT molecular complexity index is 1320. The predicted molar refractivity (Wildman–Crippen MR) is 146 cm³/mol. The van der Waals surface area contributed by atoms with Crippen molar-refractivity contribution in [3.05, 3.63) is 51.7 Å². The zero-order chi connectivity index (χ0) is 27.2. The molecule has 1 atom stereocenters. The molecule has 2 heterocycles. The molecular formula is C26H31N5O5S2. The van der Waals surface area contributed by atoms with Gasteiger partial charge in [-0.2, -0.15) is 0 Å². The lowest BCUT2D eigenvalue weighted by atomic mass is 9.95. The first-order valence-electron chi connectivity index (χ1n) is 12.4. The van der Waals surface area contributed by atoms with E-state index >= 15 is 0 Å². The van der Waals surface area contributed by atoms with Crippen LogP contribution in [0, 0.1) is 0 Å². The monoisotopic (exact) mass is 557 g/mol. The Balaban J connectivity index is 1.38. The number of methoxy groups -OCH3 is 1. The van der Waals surface area contributed by atoms with Crippen LogP contribution in [0.5, 0.6) is 5.75 Å². The highest BCUT2D eigenvalue weighted by Gasteiger charge is 2.28. The highest BCUT2D eigenvalue weighted by molar-refractivity contribution is 8.00. The Hall–Kier alpha value is -3.38. The minimum Gasteiger partial charge on any atom is -0.497 e. The number of ether oxygens (including phenoxy) is 2. The number of fused-ring (bicyclic) bond motifs is 1. The van der Waals surface area contributed by atoms with E-state index in [9.17, 15) is 14.4 Å². The molecule has 0 bridgehead atoms. The predicted octanol–water partition coefficient (Wildman–Crippen LogP) is 3.99. The van der Waals surface area contributed by atoms with Crippen LogP contribution in [0.4, 0.5) is 5.00 Å². The van der Waals surface area contributed by atoms with Crippen molar-refractivity contribution in [3.63, 3.8) is 0 Å². The first-order chi connectivity index (χ1) is 18.3. The van der Waals surface area contributed by atoms with E-state index in [2.05, 4.69) is 20.8 Å². The van der Waals surface area contributed by atoms with Crippen molar-refractivity contribution in [2.75, 3.05) is 19.0 Å². The average Bonchev–Trinajstić information content (AvgIpc) is 3.46. The van der Waals surface area contributed by atoms with Crippen LogP contribution in [-0.2, 0) is 36.0 Å². The van der Waals surface area contributed by atoms with E-state index in [4.69, 9.17) is 9.47 Å². The van der Waals surface area contributed by atoms with Crippen molar-refractivity contribution >= 4 is 45.9 Å². The lowest BCUT2D eigenvalue weighted by molar-refractivity contribution is -0.115. The number of nitrogens with zero attached hydrogens (tertiary/aromatic N) is 3. The maximum Gasteiger partial charge on any atom is 0.341 e. The van der Waals surface area contributed by atoms with Gasteiger partial charge in [0, 0.05) is 17.5 Å². The van der Waals surface area contributed by atoms with Crippen LogP contribution in [0.15, 0.2) is 29.4 Å². The fourth-order valence-corrected chi connectivity index (χ4v) is 6.22. The zero-order valence-corrected chi connectivity index (χ0v) is 23.5. The van der Waals surface area contributed by atoms with Crippen molar-refractivity contribution in [1.29, 1.82) is 0 Å². The number of rotatable bonds is 10. The van der Waals surface area contributed by atoms with E-state index in [1.54, 1.807) is 56.8 Å². The Morgan fingerprint density at radius 2 is 1.89 bits per heavy atom. The smallest absolute Gasteiger partial charge is 0.341 e. The highest BCUT2D eigenvalue weighted by Crippen LogP contribution is 2.39. The third-order valence-electron chi connectivity index (χ3n) is 6.22. The molecule has 12 heteroatoms. The summed E-state index contributed by atoms with van der Waals surface area (Å²) in [6, 6.07) is 6.81. The molecule has 0 fully saturated rings. The van der Waals surface area contributed by atoms with Crippen LogP contribution >= 0.6 is 23.1 Å². The number of aryl methyl sites for hydroxylation is 1. The number of carbonyl (C=O) groups is 3. The Morgan fingerprint density at radius 3 is 2.61 bits per heavy atom. The number of thioether (sulfide) groups is 1. The van der Waals surface area contributed by atoms with E-state index in [1.807, 2.05) is 0 Å². The number of amides is 2. The summed E-state index contributed by atoms with van der Waals surface area (Å²) in [6.07, 6.45) is 3.81. The van der Waals surface area contributed by atoms with Gasteiger partial charge in [-0.3, -0.25) is 9.59 Å². The average molecular weight is 558 g/mol. The molecule has 38 heavy (non-hydrogen) atoms. The van der Waals surface area contributed by atoms with E-state index in [0.29, 0.717) is 32.9 Å². The van der Waals surface area contributed by atoms with Gasteiger partial charge in [-0.15, -0.1) is 21.5 Å². The second kappa shape index (κ2) is 12.4. The largest absolute Gasteiger partial charge is 0.497 e. The first kappa shape index (κ1) is 27.6. The fourth-order valence-electron chi connectivity index (χ4n) is 4.10. The second-order valence-corrected chi connectivity index (χ2v) is 11.2. The quantitative estimate of drug-likeness (QED) is 0.283. The van der Waals surface area contributed by atoms with Crippen LogP contribution in [0.1, 0.15) is 63.7 Å². The molecule has 1 aliphatic carbocycles. The topological polar surface area (TPSA) is 124 Å². The van der Waals surface area contributed by atoms with E-state index in [1.165, 1.54) is 23.1 Å². The number of hydrogen-bond donors (Lipinski definition) is 2. The van der Waals surface area contributed by atoms with Crippen LogP contribution in [0.2, 0.25) is 0 Å². The summed E-state index contributed by atoms with van der Waals surface area (Å²) in [6.45, 7) is 4.00. The van der Waals surface area contributed by atoms with Gasteiger partial charge < -0.3 is 24.7 Å². The van der Waals surface area contributed by atoms with Crippen LogP contribution in [-0.4, -0.2) is 51.5 Å². The molecule has 2 N–H and O–H groups in total. The molecule has 1 aromatic carbocycles. The van der Waals surface area contributed by atoms with Crippen LogP contribution in [0.25, 0.3) is 0 Å². The number of thiophene rings is 1. The molecule has 4 rings (SSSR count). The van der Waals surface area contributed by atoms with Crippen molar-refractivity contribution in [3.8, 4) is 5.75 Å². The molecule has 0 spiro atoms. The Morgan fingerprint density at radius 1 is 1.16 bits per heavy atom. The number of nitrogens with one attached hydrogen (secondary N) is 2. The molecule has 0 saturated carbocycles. The molecule has 2 aromatic heterocycles. The highest BCUT2D eigenvalue weighted by atomic mass is 32.2. The van der Waals surface area contributed by atoms with Crippen LogP contribution in [0.3, 0.4) is 0 Å². The van der Waals surface area contributed by atoms with E-state index in [0.717, 1.165) is 36.1 Å². The van der Waals surface area contributed by atoms with Gasteiger partial charge in [-0.1, -0.05) is 11.8 Å². The van der Waals surface area contributed by atoms with Gasteiger partial charge in [0.1, 0.15) is 10.8 Å². The summed E-state index contributed by atoms with van der Waals surface area (Å²) < 4.78 is 12.1. The number of hydrogen-bond acceptors (Lipinski definition) is 9. The molecule has 2 amide bonds. The molecule has 0 radical (unpaired) electrons. The molecule has 0 saturated heterocycles. The van der Waals surface area contributed by atoms with Gasteiger partial charge in [0.15, 0.2) is 11.0 Å². The number of carbonyl (C=O) groups excluding carboxylic acids is 3. The summed E-state index contributed by atoms with van der Waals surface area (Å²) in [5.74, 6) is 0.352. The maximum absolute atomic E-state index is 13.1. The van der Waals surface area contributed by atoms with Gasteiger partial charge in [-0.25, -0.2) is 4.79 Å². The Labute approximate surface area is 229 Å². The number of benzene rings is 1. The molecule has 3 aromatic rings. The number of aromatic nitrogens is 3. The molecular weight excluding hydrogens is 526 g/mol. The first-order valence-corrected chi connectivity index (χ1v) is 14.1. The number of anilines is 1. The van der Waals surface area contributed by atoms with E-state index in [-0.39, 0.29) is 25.0 Å². The molecule has 202 valence electrons. The SMILES string of the molecule is CCOC(=O)c1c(NC(=O)[C@H](C)Sc2nnc(CNC(=O)c3ccc(OC)cc3)n2C)sc2c1CCCC2. The van der Waals surface area contributed by atoms with E-state index < -0.39 is 11.2 Å². The lowest BCUT2D eigenvalue weighted by Crippen LogP contribution is -2.25. The summed E-state index contributed by atoms with van der Waals surface area (Å²) >= 11 is 2.71. The summed E-state index contributed by atoms with van der Waals surface area (Å²) in [7, 11) is 3.35. The van der Waals surface area contributed by atoms with Crippen molar-refractivity contribution < 1.29 is 23.9 Å². The third kappa shape index (κ3) is 6.18. The normalized spacial score (nSPS) is 13.4. The summed E-state index contributed by atoms with van der Waals surface area (Å²) in [5.41, 5.74) is 2.00. The van der Waals surface area contributed by atoms with Crippen molar-refractivity contribution in [2.45, 2.75) is 56.5 Å². The Kier molecular flexibility index (Phi) is 9.05. The van der Waals surface area contributed by atoms with Crippen molar-refractivity contribution in [1.82, 2.24) is 20.1 Å². The number of esters is 1. The summed E-state index contributed by atoms with van der Waals surface area (Å²) in [4.78, 5) is 39.4. The molecule has 0 unspecified atom stereocenters. The van der Waals surface area contributed by atoms with Gasteiger partial charge in [0.2, 0.25) is 5.91 Å². The fraction of sp³-hybridized carbons (Fsp3) is 0.423. The molecule has 1 aliphatic rings. The van der Waals surface area contributed by atoms with Gasteiger partial charge in [0.25, 0.3) is 5.91 Å². The van der Waals surface area contributed by atoms with Gasteiger partial charge in [-0.05, 0) is 69.4 Å². The lowest BCUT2D eigenvalue weighted by Gasteiger charge is -2.13. The summed E-state index contributed by atoms with van der Waals surface area (Å²) in [5, 5.41) is 14.7. The molecule has 10 nitrogen and oxygen atoms in total. The molecule has 0 aliphatic heterocycles. The van der Waals surface area contributed by atoms with Gasteiger partial charge >= 0.3 is 5.97 Å². The maximum atomic E-state index is 13.1. The second-order valence-electron chi connectivity index (χ2n) is 8.75. The third-order valence-corrected chi connectivity index (χ3v) is 8.56. The van der Waals surface area contributed by atoms with Crippen LogP contribution < -0.4 is 15.4 Å². The van der Waals surface area contributed by atoms with Gasteiger partial charge in [0.05, 0.1) is 31.1 Å². The minimum absolute atomic E-state index is 0.180. The zero-order valence-electron chi connectivity index (χ0n) is 21.8. The standard InChI is InChI=1S/C26H31N5O5S2/c1-5-36-25(34)21-18-8-6-7-9-19(18)38-24(21)28-22(32)15(2)37-26-30-29-20(31(26)3)14-27-23(33)16-10-12-17(35-4)13-11-16/h10-13,15H,5-9,14H2,1-4H3,(H,27,33)(H,28,32)/t15-/m0/s1.